The number of benzene rings is 2. The van der Waals surface area contributed by atoms with Gasteiger partial charge in [-0.2, -0.15) is 0 Å². The van der Waals surface area contributed by atoms with E-state index in [4.69, 9.17) is 0 Å². The Hall–Kier alpha value is -1.80. The third kappa shape index (κ3) is 2.24. The molecule has 0 saturated carbocycles. The van der Waals surface area contributed by atoms with Gasteiger partial charge in [-0.15, -0.1) is 0 Å². The van der Waals surface area contributed by atoms with Crippen LogP contribution in [-0.2, 0) is 12.0 Å². The van der Waals surface area contributed by atoms with Crippen molar-refractivity contribution in [2.24, 2.45) is 0 Å². The highest BCUT2D eigenvalue weighted by molar-refractivity contribution is 5.58. The monoisotopic (exact) mass is 253 g/mol. The van der Waals surface area contributed by atoms with Crippen LogP contribution in [0.4, 0.5) is 5.69 Å². The van der Waals surface area contributed by atoms with Crippen molar-refractivity contribution in [2.75, 3.05) is 18.5 Å². The molecule has 1 N–H and O–H groups in total. The Morgan fingerprint density at radius 2 is 1.74 bits per heavy atom. The lowest BCUT2D eigenvalue weighted by molar-refractivity contribution is 0.0261. The number of anilines is 1. The Morgan fingerprint density at radius 3 is 2.53 bits per heavy atom. The van der Waals surface area contributed by atoms with Gasteiger partial charge in [-0.25, -0.2) is 0 Å². The minimum Gasteiger partial charge on any atom is -0.385 e. The number of rotatable bonds is 2. The van der Waals surface area contributed by atoms with Gasteiger partial charge in [0.05, 0.1) is 5.60 Å². The fourth-order valence-electron chi connectivity index (χ4n) is 2.92. The van der Waals surface area contributed by atoms with Crippen molar-refractivity contribution in [1.82, 2.24) is 0 Å². The van der Waals surface area contributed by atoms with Crippen molar-refractivity contribution >= 4 is 5.69 Å². The molecular weight excluding hydrogens is 234 g/mol. The molecular formula is C17H19NO. The van der Waals surface area contributed by atoms with E-state index in [2.05, 4.69) is 30.1 Å². The first kappa shape index (κ1) is 12.2. The lowest BCUT2D eigenvalue weighted by Crippen LogP contribution is -2.40. The van der Waals surface area contributed by atoms with Gasteiger partial charge in [0.25, 0.3) is 0 Å². The quantitative estimate of drug-likeness (QED) is 0.889. The van der Waals surface area contributed by atoms with Crippen LogP contribution >= 0.6 is 0 Å². The van der Waals surface area contributed by atoms with Gasteiger partial charge in [0.1, 0.15) is 0 Å². The Bertz CT molecular complexity index is 566. The maximum absolute atomic E-state index is 11.1. The van der Waals surface area contributed by atoms with Crippen LogP contribution in [0.3, 0.4) is 0 Å². The molecule has 0 amide bonds. The molecule has 19 heavy (non-hydrogen) atoms. The van der Waals surface area contributed by atoms with Crippen molar-refractivity contribution in [3.05, 3.63) is 65.7 Å². The lowest BCUT2D eigenvalue weighted by Gasteiger charge is -2.39. The minimum absolute atomic E-state index is 0.679. The van der Waals surface area contributed by atoms with E-state index in [1.54, 1.807) is 0 Å². The third-order valence-electron chi connectivity index (χ3n) is 4.02. The Labute approximate surface area is 114 Å². The smallest absolute Gasteiger partial charge is 0.0973 e. The van der Waals surface area contributed by atoms with E-state index in [0.717, 1.165) is 24.2 Å². The zero-order valence-corrected chi connectivity index (χ0v) is 11.2. The first-order valence-electron chi connectivity index (χ1n) is 6.76. The normalized spacial score (nSPS) is 22.1. The Kier molecular flexibility index (Phi) is 3.03. The molecule has 0 spiro atoms. The molecule has 0 fully saturated rings. The van der Waals surface area contributed by atoms with Crippen LogP contribution in [0.15, 0.2) is 54.6 Å². The highest BCUT2D eigenvalue weighted by Gasteiger charge is 2.35. The van der Waals surface area contributed by atoms with Crippen LogP contribution in [0.5, 0.6) is 0 Å². The van der Waals surface area contributed by atoms with E-state index in [0.29, 0.717) is 6.42 Å². The zero-order chi connectivity index (χ0) is 13.3. The molecule has 2 aromatic carbocycles. The average molecular weight is 253 g/mol. The summed E-state index contributed by atoms with van der Waals surface area (Å²) in [5, 5.41) is 11.1. The Morgan fingerprint density at radius 1 is 1.05 bits per heavy atom. The van der Waals surface area contributed by atoms with Gasteiger partial charge >= 0.3 is 0 Å². The van der Waals surface area contributed by atoms with Crippen molar-refractivity contribution in [3.8, 4) is 0 Å². The largest absolute Gasteiger partial charge is 0.385 e. The predicted octanol–water partition coefficient (Wildman–Crippen LogP) is 2.96. The average Bonchev–Trinajstić information content (AvgIpc) is 2.45. The van der Waals surface area contributed by atoms with Gasteiger partial charge in [-0.05, 0) is 18.1 Å². The summed E-state index contributed by atoms with van der Waals surface area (Å²) >= 11 is 0. The first-order valence-corrected chi connectivity index (χ1v) is 6.76. The van der Waals surface area contributed by atoms with Crippen LogP contribution in [0, 0.1) is 0 Å². The van der Waals surface area contributed by atoms with Crippen LogP contribution in [0.25, 0.3) is 0 Å². The maximum Gasteiger partial charge on any atom is 0.0973 e. The van der Waals surface area contributed by atoms with Crippen molar-refractivity contribution < 1.29 is 5.11 Å². The summed E-state index contributed by atoms with van der Waals surface area (Å²) in [7, 11) is 2.08. The lowest BCUT2D eigenvalue weighted by atomic mass is 9.81. The molecule has 2 aromatic rings. The second kappa shape index (κ2) is 4.71. The van der Waals surface area contributed by atoms with E-state index < -0.39 is 5.60 Å². The van der Waals surface area contributed by atoms with Crippen LogP contribution < -0.4 is 4.90 Å². The molecule has 0 aromatic heterocycles. The minimum atomic E-state index is -0.746. The predicted molar refractivity (Wildman–Crippen MR) is 78.4 cm³/mol. The molecule has 2 heteroatoms. The third-order valence-corrected chi connectivity index (χ3v) is 4.02. The number of hydrogen-bond donors (Lipinski definition) is 1. The highest BCUT2D eigenvalue weighted by Crippen LogP contribution is 2.39. The van der Waals surface area contributed by atoms with Crippen molar-refractivity contribution in [3.63, 3.8) is 0 Å². The molecule has 1 aliphatic rings. The van der Waals surface area contributed by atoms with E-state index in [1.807, 2.05) is 36.4 Å². The second-order valence-electron chi connectivity index (χ2n) is 5.38. The number of fused-ring (bicyclic) bond motifs is 1. The fourth-order valence-corrected chi connectivity index (χ4v) is 2.92. The molecule has 98 valence electrons. The molecule has 1 heterocycles. The summed E-state index contributed by atoms with van der Waals surface area (Å²) in [6.45, 7) is 0.889. The number of para-hydroxylation sites is 1. The summed E-state index contributed by atoms with van der Waals surface area (Å²) in [4.78, 5) is 2.22. The summed E-state index contributed by atoms with van der Waals surface area (Å²) in [6, 6.07) is 18.4. The van der Waals surface area contributed by atoms with Crippen LogP contribution in [-0.4, -0.2) is 18.7 Å². The molecule has 3 rings (SSSR count). The Balaban J connectivity index is 1.99. The van der Waals surface area contributed by atoms with Crippen LogP contribution in [0.1, 0.15) is 17.5 Å². The summed E-state index contributed by atoms with van der Waals surface area (Å²) in [6.07, 6.45) is 1.45. The molecule has 1 aliphatic heterocycles. The molecule has 0 radical (unpaired) electrons. The van der Waals surface area contributed by atoms with Gasteiger partial charge < -0.3 is 10.0 Å². The van der Waals surface area contributed by atoms with Gasteiger partial charge in [-0.1, -0.05) is 48.5 Å². The number of hydrogen-bond acceptors (Lipinski definition) is 2. The standard InChI is InChI=1S/C17H19NO/c1-18-12-11-17(19,13-14-7-3-2-4-8-14)15-9-5-6-10-16(15)18/h2-10,19H,11-13H2,1H3/t17-/m0/s1. The molecule has 0 bridgehead atoms. The van der Waals surface area contributed by atoms with E-state index >= 15 is 0 Å². The molecule has 2 nitrogen and oxygen atoms in total. The summed E-state index contributed by atoms with van der Waals surface area (Å²) in [5.74, 6) is 0. The maximum atomic E-state index is 11.1. The van der Waals surface area contributed by atoms with E-state index in [-0.39, 0.29) is 0 Å². The summed E-state index contributed by atoms with van der Waals surface area (Å²) < 4.78 is 0. The van der Waals surface area contributed by atoms with Crippen molar-refractivity contribution in [2.45, 2.75) is 18.4 Å². The SMILES string of the molecule is CN1CC[C@](O)(Cc2ccccc2)c2ccccc21. The fraction of sp³-hybridized carbons (Fsp3) is 0.294. The second-order valence-corrected chi connectivity index (χ2v) is 5.38. The van der Waals surface area contributed by atoms with Gasteiger partial charge in [0.2, 0.25) is 0 Å². The van der Waals surface area contributed by atoms with Gasteiger partial charge in [0, 0.05) is 31.3 Å². The van der Waals surface area contributed by atoms with E-state index in [9.17, 15) is 5.11 Å². The zero-order valence-electron chi connectivity index (χ0n) is 11.2. The number of aliphatic hydroxyl groups is 1. The highest BCUT2D eigenvalue weighted by atomic mass is 16.3. The van der Waals surface area contributed by atoms with Gasteiger partial charge in [0.15, 0.2) is 0 Å². The molecule has 1 atom stereocenters. The van der Waals surface area contributed by atoms with Crippen molar-refractivity contribution in [1.29, 1.82) is 0 Å². The molecule has 0 saturated heterocycles. The number of nitrogens with zero attached hydrogens (tertiary/aromatic N) is 1. The molecule has 0 aliphatic carbocycles. The first-order chi connectivity index (χ1) is 9.19. The van der Waals surface area contributed by atoms with Crippen LogP contribution in [0.2, 0.25) is 0 Å². The van der Waals surface area contributed by atoms with Gasteiger partial charge in [-0.3, -0.25) is 0 Å². The molecule has 0 unspecified atom stereocenters. The summed E-state index contributed by atoms with van der Waals surface area (Å²) in [5.41, 5.74) is 2.63. The topological polar surface area (TPSA) is 23.5 Å². The van der Waals surface area contributed by atoms with E-state index in [1.165, 1.54) is 5.56 Å².